The third kappa shape index (κ3) is 5.54. The molecule has 1 aliphatic rings. The predicted octanol–water partition coefficient (Wildman–Crippen LogP) is 2.80. The highest BCUT2D eigenvalue weighted by Gasteiger charge is 2.18. The van der Waals surface area contributed by atoms with Crippen molar-refractivity contribution >= 4 is 11.7 Å². The maximum atomic E-state index is 11.3. The summed E-state index contributed by atoms with van der Waals surface area (Å²) in [6, 6.07) is 10.1. The molecule has 1 aliphatic heterocycles. The van der Waals surface area contributed by atoms with E-state index >= 15 is 0 Å². The highest BCUT2D eigenvalue weighted by atomic mass is 16.5. The van der Waals surface area contributed by atoms with E-state index in [9.17, 15) is 10.1 Å². The number of unbranched alkanes of at least 4 members (excludes halogenated alkanes) is 2. The number of hydrogen-bond acceptors (Lipinski definition) is 5. The van der Waals surface area contributed by atoms with E-state index in [1.165, 1.54) is 0 Å². The molecule has 5 heteroatoms. The van der Waals surface area contributed by atoms with Crippen LogP contribution in [0.4, 0.5) is 5.69 Å². The molecule has 130 valence electrons. The van der Waals surface area contributed by atoms with Crippen LogP contribution in [0.1, 0.15) is 38.2 Å². The predicted molar refractivity (Wildman–Crippen MR) is 94.9 cm³/mol. The maximum Gasteiger partial charge on any atom is 0.305 e. The van der Waals surface area contributed by atoms with Crippen molar-refractivity contribution in [2.75, 3.05) is 44.2 Å². The average molecular weight is 329 g/mol. The zero-order valence-electron chi connectivity index (χ0n) is 14.5. The number of anilines is 1. The van der Waals surface area contributed by atoms with Gasteiger partial charge in [-0.05, 0) is 38.4 Å². The molecule has 1 saturated heterocycles. The zero-order chi connectivity index (χ0) is 17.2. The van der Waals surface area contributed by atoms with E-state index in [1.807, 2.05) is 31.2 Å². The van der Waals surface area contributed by atoms with Crippen molar-refractivity contribution in [2.45, 2.75) is 32.6 Å². The van der Waals surface area contributed by atoms with Gasteiger partial charge in [0.1, 0.15) is 6.07 Å². The summed E-state index contributed by atoms with van der Waals surface area (Å²) in [5, 5.41) is 9.22. The summed E-state index contributed by atoms with van der Waals surface area (Å²) >= 11 is 0. The molecule has 0 radical (unpaired) electrons. The number of carbonyl (C=O) groups excluding carboxylic acids is 1. The van der Waals surface area contributed by atoms with Crippen LogP contribution in [0.25, 0.3) is 0 Å². The van der Waals surface area contributed by atoms with Crippen molar-refractivity contribution in [1.82, 2.24) is 4.90 Å². The Kier molecular flexibility index (Phi) is 7.57. The molecule has 24 heavy (non-hydrogen) atoms. The largest absolute Gasteiger partial charge is 0.466 e. The van der Waals surface area contributed by atoms with Crippen LogP contribution in [0.2, 0.25) is 0 Å². The average Bonchev–Trinajstić information content (AvgIpc) is 2.62. The molecule has 1 fully saturated rings. The second-order valence-electron chi connectivity index (χ2n) is 6.07. The minimum absolute atomic E-state index is 0.0812. The summed E-state index contributed by atoms with van der Waals surface area (Å²) in [6.45, 7) is 7.36. The van der Waals surface area contributed by atoms with Gasteiger partial charge in [-0.3, -0.25) is 9.69 Å². The molecule has 5 nitrogen and oxygen atoms in total. The van der Waals surface area contributed by atoms with Gasteiger partial charge in [-0.1, -0.05) is 18.6 Å². The molecule has 0 atom stereocenters. The van der Waals surface area contributed by atoms with Crippen LogP contribution in [0.5, 0.6) is 0 Å². The van der Waals surface area contributed by atoms with Crippen molar-refractivity contribution in [3.05, 3.63) is 29.8 Å². The van der Waals surface area contributed by atoms with Gasteiger partial charge in [0.25, 0.3) is 0 Å². The van der Waals surface area contributed by atoms with Gasteiger partial charge in [0.15, 0.2) is 0 Å². The number of nitriles is 1. The molecule has 0 unspecified atom stereocenters. The first-order valence-corrected chi connectivity index (χ1v) is 8.86. The summed E-state index contributed by atoms with van der Waals surface area (Å²) < 4.78 is 4.93. The fourth-order valence-corrected chi connectivity index (χ4v) is 3.07. The first-order valence-electron chi connectivity index (χ1n) is 8.86. The first kappa shape index (κ1) is 18.3. The lowest BCUT2D eigenvalue weighted by Gasteiger charge is -2.36. The van der Waals surface area contributed by atoms with Gasteiger partial charge < -0.3 is 9.64 Å². The standard InChI is InChI=1S/C19H27N3O2/c1-2-24-19(23)10-4-3-7-11-21-12-14-22(15-13-21)18-9-6-5-8-17(18)16-20/h5-6,8-9H,2-4,7,10-15H2,1H3. The lowest BCUT2D eigenvalue weighted by molar-refractivity contribution is -0.143. The molecule has 0 amide bonds. The molecular formula is C19H27N3O2. The van der Waals surface area contributed by atoms with E-state index in [2.05, 4.69) is 15.9 Å². The molecule has 1 aromatic rings. The Morgan fingerprint density at radius 3 is 2.62 bits per heavy atom. The molecular weight excluding hydrogens is 302 g/mol. The first-order chi connectivity index (χ1) is 11.7. The molecule has 2 rings (SSSR count). The van der Waals surface area contributed by atoms with Crippen molar-refractivity contribution in [3.63, 3.8) is 0 Å². The van der Waals surface area contributed by atoms with Gasteiger partial charge in [-0.2, -0.15) is 5.26 Å². The number of para-hydroxylation sites is 1. The van der Waals surface area contributed by atoms with Gasteiger partial charge in [0, 0.05) is 32.6 Å². The number of ether oxygens (including phenoxy) is 1. The smallest absolute Gasteiger partial charge is 0.305 e. The molecule has 0 bridgehead atoms. The van der Waals surface area contributed by atoms with E-state index in [1.54, 1.807) is 0 Å². The van der Waals surface area contributed by atoms with Crippen molar-refractivity contribution in [3.8, 4) is 6.07 Å². The second kappa shape index (κ2) is 9.94. The van der Waals surface area contributed by atoms with Crippen LogP contribution in [-0.4, -0.2) is 50.2 Å². The number of benzene rings is 1. The molecule has 0 N–H and O–H groups in total. The van der Waals surface area contributed by atoms with Gasteiger partial charge in [-0.25, -0.2) is 0 Å². The third-order valence-corrected chi connectivity index (χ3v) is 4.40. The Balaban J connectivity index is 1.65. The van der Waals surface area contributed by atoms with Gasteiger partial charge in [0.2, 0.25) is 0 Å². The summed E-state index contributed by atoms with van der Waals surface area (Å²) in [4.78, 5) is 16.0. The quantitative estimate of drug-likeness (QED) is 0.542. The molecule has 1 aromatic carbocycles. The van der Waals surface area contributed by atoms with Gasteiger partial charge >= 0.3 is 5.97 Å². The molecule has 0 aliphatic carbocycles. The minimum Gasteiger partial charge on any atom is -0.466 e. The second-order valence-corrected chi connectivity index (χ2v) is 6.07. The third-order valence-electron chi connectivity index (χ3n) is 4.40. The van der Waals surface area contributed by atoms with E-state index in [0.717, 1.165) is 63.2 Å². The SMILES string of the molecule is CCOC(=O)CCCCCN1CCN(c2ccccc2C#N)CC1. The minimum atomic E-state index is -0.0812. The number of esters is 1. The molecule has 0 saturated carbocycles. The number of carbonyl (C=O) groups is 1. The van der Waals surface area contributed by atoms with Crippen LogP contribution in [0.3, 0.4) is 0 Å². The van der Waals surface area contributed by atoms with Crippen LogP contribution in [-0.2, 0) is 9.53 Å². The summed E-state index contributed by atoms with van der Waals surface area (Å²) in [5.74, 6) is -0.0812. The number of hydrogen-bond donors (Lipinski definition) is 0. The van der Waals surface area contributed by atoms with Crippen LogP contribution < -0.4 is 4.90 Å². The van der Waals surface area contributed by atoms with Gasteiger partial charge in [0.05, 0.1) is 17.9 Å². The Bertz CT molecular complexity index is 560. The Hall–Kier alpha value is -2.06. The van der Waals surface area contributed by atoms with E-state index < -0.39 is 0 Å². The van der Waals surface area contributed by atoms with Crippen molar-refractivity contribution in [1.29, 1.82) is 5.26 Å². The summed E-state index contributed by atoms with van der Waals surface area (Å²) in [5.41, 5.74) is 1.80. The number of rotatable bonds is 8. The topological polar surface area (TPSA) is 56.6 Å². The number of nitrogens with zero attached hydrogens (tertiary/aromatic N) is 3. The Morgan fingerprint density at radius 1 is 1.17 bits per heavy atom. The number of piperazine rings is 1. The van der Waals surface area contributed by atoms with E-state index in [4.69, 9.17) is 4.74 Å². The summed E-state index contributed by atoms with van der Waals surface area (Å²) in [7, 11) is 0. The molecule has 0 spiro atoms. The Labute approximate surface area is 144 Å². The monoisotopic (exact) mass is 329 g/mol. The highest BCUT2D eigenvalue weighted by molar-refractivity contribution is 5.69. The van der Waals surface area contributed by atoms with Crippen molar-refractivity contribution < 1.29 is 9.53 Å². The van der Waals surface area contributed by atoms with Crippen LogP contribution in [0, 0.1) is 11.3 Å². The van der Waals surface area contributed by atoms with Crippen molar-refractivity contribution in [2.24, 2.45) is 0 Å². The van der Waals surface area contributed by atoms with Crippen LogP contribution in [0.15, 0.2) is 24.3 Å². The maximum absolute atomic E-state index is 11.3. The molecule has 0 aromatic heterocycles. The summed E-state index contributed by atoms with van der Waals surface area (Å²) in [6.07, 6.45) is 3.63. The van der Waals surface area contributed by atoms with E-state index in [-0.39, 0.29) is 5.97 Å². The normalized spacial score (nSPS) is 15.1. The lowest BCUT2D eigenvalue weighted by Crippen LogP contribution is -2.46. The lowest BCUT2D eigenvalue weighted by atomic mass is 10.1. The van der Waals surface area contributed by atoms with E-state index in [0.29, 0.717) is 13.0 Å². The van der Waals surface area contributed by atoms with Gasteiger partial charge in [-0.15, -0.1) is 0 Å². The Morgan fingerprint density at radius 2 is 1.92 bits per heavy atom. The molecule has 1 heterocycles. The highest BCUT2D eigenvalue weighted by Crippen LogP contribution is 2.21. The zero-order valence-corrected chi connectivity index (χ0v) is 14.5. The van der Waals surface area contributed by atoms with Crippen LogP contribution >= 0.6 is 0 Å². The fourth-order valence-electron chi connectivity index (χ4n) is 3.07. The fraction of sp³-hybridized carbons (Fsp3) is 0.579.